The van der Waals surface area contributed by atoms with Crippen LogP contribution in [0.4, 0.5) is 0 Å². The third kappa shape index (κ3) is 4.34. The molecular weight excluding hydrogens is 384 g/mol. The molecule has 1 aromatic rings. The van der Waals surface area contributed by atoms with Crippen LogP contribution < -0.4 is 4.74 Å². The molecule has 2 N–H and O–H groups in total. The van der Waals surface area contributed by atoms with Crippen molar-refractivity contribution in [1.82, 2.24) is 0 Å². The fourth-order valence-corrected chi connectivity index (χ4v) is 4.70. The van der Waals surface area contributed by atoms with Crippen LogP contribution in [0.2, 0.25) is 0 Å². The maximum absolute atomic E-state index is 12.0. The summed E-state index contributed by atoms with van der Waals surface area (Å²) < 4.78 is 12.8. The minimum absolute atomic E-state index is 0.0106. The van der Waals surface area contributed by atoms with Crippen molar-refractivity contribution < 1.29 is 29.3 Å². The maximum Gasteiger partial charge on any atom is 0.309 e. The molecule has 166 valence electrons. The zero-order valence-electron chi connectivity index (χ0n) is 18.6. The van der Waals surface area contributed by atoms with Crippen LogP contribution in [0.5, 0.6) is 5.75 Å². The smallest absolute Gasteiger partial charge is 0.309 e. The Balaban J connectivity index is 1.97. The summed E-state index contributed by atoms with van der Waals surface area (Å²) in [5, 5.41) is 18.8. The van der Waals surface area contributed by atoms with Crippen LogP contribution in [0.15, 0.2) is 18.2 Å². The Morgan fingerprint density at radius 2 is 1.93 bits per heavy atom. The van der Waals surface area contributed by atoms with Gasteiger partial charge in [-0.25, -0.2) is 0 Å². The van der Waals surface area contributed by atoms with E-state index in [2.05, 4.69) is 32.9 Å². The van der Waals surface area contributed by atoms with Crippen molar-refractivity contribution in [3.63, 3.8) is 0 Å². The second-order valence-electron chi connectivity index (χ2n) is 9.86. The predicted molar refractivity (Wildman–Crippen MR) is 113 cm³/mol. The number of carboxylic acids is 2. The number of benzene rings is 1. The Kier molecular flexibility index (Phi) is 6.19. The van der Waals surface area contributed by atoms with Gasteiger partial charge >= 0.3 is 11.9 Å². The summed E-state index contributed by atoms with van der Waals surface area (Å²) in [6, 6.07) is 6.26. The van der Waals surface area contributed by atoms with Gasteiger partial charge in [0.1, 0.15) is 11.4 Å². The molecule has 6 nitrogen and oxygen atoms in total. The first kappa shape index (κ1) is 22.6. The highest BCUT2D eigenvalue weighted by atomic mass is 16.5. The van der Waals surface area contributed by atoms with Crippen LogP contribution in [0, 0.1) is 11.8 Å². The van der Waals surface area contributed by atoms with Gasteiger partial charge in [0.05, 0.1) is 18.1 Å². The van der Waals surface area contributed by atoms with Crippen LogP contribution >= 0.6 is 0 Å². The van der Waals surface area contributed by atoms with E-state index in [0.717, 1.165) is 17.7 Å². The van der Waals surface area contributed by atoms with E-state index < -0.39 is 29.6 Å². The van der Waals surface area contributed by atoms with E-state index in [1.54, 1.807) is 0 Å². The van der Waals surface area contributed by atoms with Gasteiger partial charge in [0, 0.05) is 17.9 Å². The van der Waals surface area contributed by atoms with E-state index in [4.69, 9.17) is 14.6 Å². The summed E-state index contributed by atoms with van der Waals surface area (Å²) in [5.41, 5.74) is 1.64. The summed E-state index contributed by atoms with van der Waals surface area (Å²) in [7, 11) is 0. The third-order valence-electron chi connectivity index (χ3n) is 7.09. The zero-order chi connectivity index (χ0) is 22.3. The van der Waals surface area contributed by atoms with Crippen LogP contribution in [-0.4, -0.2) is 33.9 Å². The topological polar surface area (TPSA) is 93.1 Å². The van der Waals surface area contributed by atoms with E-state index in [-0.39, 0.29) is 23.9 Å². The van der Waals surface area contributed by atoms with Crippen molar-refractivity contribution in [1.29, 1.82) is 0 Å². The van der Waals surface area contributed by atoms with Gasteiger partial charge in [-0.15, -0.1) is 0 Å². The van der Waals surface area contributed by atoms with Gasteiger partial charge in [-0.1, -0.05) is 26.8 Å². The Labute approximate surface area is 178 Å². The van der Waals surface area contributed by atoms with Gasteiger partial charge in [0.15, 0.2) is 0 Å². The van der Waals surface area contributed by atoms with E-state index in [1.165, 1.54) is 5.56 Å². The van der Waals surface area contributed by atoms with Gasteiger partial charge in [-0.3, -0.25) is 9.59 Å². The molecule has 0 spiro atoms. The lowest BCUT2D eigenvalue weighted by molar-refractivity contribution is -0.188. The van der Waals surface area contributed by atoms with Gasteiger partial charge in [0.2, 0.25) is 0 Å². The third-order valence-corrected chi connectivity index (χ3v) is 7.09. The van der Waals surface area contributed by atoms with Crippen molar-refractivity contribution in [2.45, 2.75) is 89.9 Å². The Bertz CT molecular complexity index is 812. The lowest BCUT2D eigenvalue weighted by atomic mass is 9.70. The highest BCUT2D eigenvalue weighted by molar-refractivity contribution is 5.71. The van der Waals surface area contributed by atoms with Gasteiger partial charge in [-0.05, 0) is 62.6 Å². The lowest BCUT2D eigenvalue weighted by Gasteiger charge is -2.50. The Morgan fingerprint density at radius 3 is 2.53 bits per heavy atom. The average Bonchev–Trinajstić information content (AvgIpc) is 2.66. The molecule has 2 aliphatic heterocycles. The van der Waals surface area contributed by atoms with Crippen LogP contribution in [0.25, 0.3) is 0 Å². The number of carboxylic acid groups (broad SMARTS) is 2. The molecule has 30 heavy (non-hydrogen) atoms. The molecule has 0 bridgehead atoms. The molecule has 0 saturated carbocycles. The standard InChI is InChI=1S/C24H34O6/c1-6-23(2,3)14-10-11-19-15(12-14)21-17(24(4,5)30-19)13-16(22(27)28)18(29-21)8-7-9-20(25)26/h10-12,16-18,21H,6-9,13H2,1-5H3,(H,25,26)(H,27,28)/t16-,17-,18-,21+/m0/s1. The second-order valence-corrected chi connectivity index (χ2v) is 9.86. The lowest BCUT2D eigenvalue weighted by Crippen LogP contribution is -2.52. The molecule has 0 aliphatic carbocycles. The van der Waals surface area contributed by atoms with E-state index >= 15 is 0 Å². The minimum Gasteiger partial charge on any atom is -0.487 e. The number of rotatable bonds is 7. The highest BCUT2D eigenvalue weighted by Gasteiger charge is 2.52. The summed E-state index contributed by atoms with van der Waals surface area (Å²) in [6.45, 7) is 10.6. The Morgan fingerprint density at radius 1 is 1.23 bits per heavy atom. The second kappa shape index (κ2) is 8.22. The van der Waals surface area contributed by atoms with Crippen molar-refractivity contribution in [3.05, 3.63) is 29.3 Å². The summed E-state index contributed by atoms with van der Waals surface area (Å²) in [4.78, 5) is 22.9. The number of fused-ring (bicyclic) bond motifs is 3. The first-order valence-electron chi connectivity index (χ1n) is 10.9. The molecule has 1 saturated heterocycles. The van der Waals surface area contributed by atoms with Gasteiger partial charge < -0.3 is 19.7 Å². The van der Waals surface area contributed by atoms with E-state index in [0.29, 0.717) is 19.3 Å². The molecule has 0 radical (unpaired) electrons. The first-order chi connectivity index (χ1) is 14.0. The number of hydrogen-bond donors (Lipinski definition) is 2. The summed E-state index contributed by atoms with van der Waals surface area (Å²) >= 11 is 0. The molecule has 2 heterocycles. The molecule has 1 aromatic carbocycles. The van der Waals surface area contributed by atoms with Gasteiger partial charge in [0.25, 0.3) is 0 Å². The van der Waals surface area contributed by atoms with Crippen LogP contribution in [0.3, 0.4) is 0 Å². The van der Waals surface area contributed by atoms with Crippen molar-refractivity contribution in [2.24, 2.45) is 11.8 Å². The SMILES string of the molecule is CCC(C)(C)c1ccc2c(c1)[C@H]1O[C@@H](CCCC(=O)O)[C@@H](C(=O)O)C[C@@H]1C(C)(C)O2. The molecule has 2 aliphatic rings. The fourth-order valence-electron chi connectivity index (χ4n) is 4.70. The predicted octanol–water partition coefficient (Wildman–Crippen LogP) is 4.95. The number of ether oxygens (including phenoxy) is 2. The first-order valence-corrected chi connectivity index (χ1v) is 10.9. The molecule has 4 atom stereocenters. The van der Waals surface area contributed by atoms with Crippen LogP contribution in [0.1, 0.15) is 84.0 Å². The number of hydrogen-bond acceptors (Lipinski definition) is 4. The average molecular weight is 419 g/mol. The zero-order valence-corrected chi connectivity index (χ0v) is 18.6. The molecule has 0 amide bonds. The highest BCUT2D eigenvalue weighted by Crippen LogP contribution is 2.53. The summed E-state index contributed by atoms with van der Waals surface area (Å²) in [5.74, 6) is -1.74. The normalized spacial score (nSPS) is 27.5. The van der Waals surface area contributed by atoms with Crippen LogP contribution in [-0.2, 0) is 19.7 Å². The maximum atomic E-state index is 12.0. The summed E-state index contributed by atoms with van der Waals surface area (Å²) in [6.07, 6.45) is 1.51. The van der Waals surface area contributed by atoms with Crippen molar-refractivity contribution >= 4 is 11.9 Å². The molecule has 1 fully saturated rings. The number of carbonyl (C=O) groups is 2. The van der Waals surface area contributed by atoms with E-state index in [1.807, 2.05) is 19.9 Å². The van der Waals surface area contributed by atoms with E-state index in [9.17, 15) is 14.7 Å². The van der Waals surface area contributed by atoms with Crippen molar-refractivity contribution in [2.75, 3.05) is 0 Å². The monoisotopic (exact) mass is 418 g/mol. The van der Waals surface area contributed by atoms with Crippen molar-refractivity contribution in [3.8, 4) is 5.75 Å². The largest absolute Gasteiger partial charge is 0.487 e. The fraction of sp³-hybridized carbons (Fsp3) is 0.667. The number of aliphatic carboxylic acids is 2. The minimum atomic E-state index is -0.892. The molecule has 3 rings (SSSR count). The Hall–Kier alpha value is -2.08. The van der Waals surface area contributed by atoms with Gasteiger partial charge in [-0.2, -0.15) is 0 Å². The quantitative estimate of drug-likeness (QED) is 0.651. The molecule has 0 unspecified atom stereocenters. The molecule has 6 heteroatoms. The molecular formula is C24H34O6. The molecule has 0 aromatic heterocycles.